The Morgan fingerprint density at radius 3 is 2.63 bits per heavy atom. The van der Waals surface area contributed by atoms with Crippen molar-refractivity contribution in [2.45, 2.75) is 26.5 Å². The molecule has 2 aromatic heterocycles. The average molecular weight is 362 g/mol. The number of rotatable bonds is 7. The van der Waals surface area contributed by atoms with Crippen LogP contribution in [0.25, 0.3) is 0 Å². The van der Waals surface area contributed by atoms with E-state index in [-0.39, 0.29) is 12.0 Å². The molecule has 6 nitrogen and oxygen atoms in total. The number of nitrogens with zero attached hydrogens (tertiary/aromatic N) is 2. The fourth-order valence-electron chi connectivity index (χ4n) is 2.50. The van der Waals surface area contributed by atoms with Gasteiger partial charge in [0.15, 0.2) is 0 Å². The van der Waals surface area contributed by atoms with E-state index in [0.717, 1.165) is 17.0 Å². The molecular formula is C21H22N4O2. The summed E-state index contributed by atoms with van der Waals surface area (Å²) in [4.78, 5) is 20.6. The van der Waals surface area contributed by atoms with Crippen LogP contribution in [0.1, 0.15) is 29.8 Å². The molecule has 1 aromatic carbocycles. The van der Waals surface area contributed by atoms with Gasteiger partial charge in [0.2, 0.25) is 0 Å². The van der Waals surface area contributed by atoms with Crippen LogP contribution in [-0.4, -0.2) is 22.0 Å². The van der Waals surface area contributed by atoms with E-state index in [4.69, 9.17) is 4.74 Å². The molecule has 0 atom stereocenters. The Kier molecular flexibility index (Phi) is 5.99. The molecule has 2 N–H and O–H groups in total. The average Bonchev–Trinajstić information content (AvgIpc) is 2.68. The summed E-state index contributed by atoms with van der Waals surface area (Å²) in [6, 6.07) is 13.2. The second kappa shape index (κ2) is 8.80. The fourth-order valence-corrected chi connectivity index (χ4v) is 2.50. The molecule has 0 fully saturated rings. The summed E-state index contributed by atoms with van der Waals surface area (Å²) in [5.41, 5.74) is 3.00. The SMILES string of the molecule is CC(C)Oc1ccccc1Nc1cncc(C(=O)NCc2ccncc2)c1. The van der Waals surface area contributed by atoms with Crippen LogP contribution in [0.5, 0.6) is 5.75 Å². The molecule has 0 bridgehead atoms. The van der Waals surface area contributed by atoms with E-state index in [1.807, 2.05) is 50.2 Å². The van der Waals surface area contributed by atoms with E-state index in [1.54, 1.807) is 30.9 Å². The van der Waals surface area contributed by atoms with Crippen molar-refractivity contribution >= 4 is 17.3 Å². The van der Waals surface area contributed by atoms with Gasteiger partial charge in [-0.2, -0.15) is 0 Å². The van der Waals surface area contributed by atoms with Crippen molar-refractivity contribution in [3.63, 3.8) is 0 Å². The van der Waals surface area contributed by atoms with Gasteiger partial charge in [-0.3, -0.25) is 14.8 Å². The quantitative estimate of drug-likeness (QED) is 0.666. The van der Waals surface area contributed by atoms with E-state index < -0.39 is 0 Å². The largest absolute Gasteiger partial charge is 0.489 e. The van der Waals surface area contributed by atoms with Crippen LogP contribution in [0.2, 0.25) is 0 Å². The van der Waals surface area contributed by atoms with Gasteiger partial charge in [0.05, 0.1) is 29.2 Å². The molecule has 0 saturated carbocycles. The minimum absolute atomic E-state index is 0.0661. The molecule has 27 heavy (non-hydrogen) atoms. The van der Waals surface area contributed by atoms with Crippen LogP contribution in [0.3, 0.4) is 0 Å². The minimum Gasteiger partial charge on any atom is -0.489 e. The highest BCUT2D eigenvalue weighted by molar-refractivity contribution is 5.94. The number of benzene rings is 1. The maximum atomic E-state index is 12.4. The van der Waals surface area contributed by atoms with Crippen LogP contribution in [0.15, 0.2) is 67.3 Å². The molecule has 0 aliphatic carbocycles. The van der Waals surface area contributed by atoms with Crippen LogP contribution >= 0.6 is 0 Å². The third-order valence-electron chi connectivity index (χ3n) is 3.73. The predicted molar refractivity (Wildman–Crippen MR) is 105 cm³/mol. The zero-order valence-corrected chi connectivity index (χ0v) is 15.3. The molecule has 138 valence electrons. The first kappa shape index (κ1) is 18.4. The molecule has 0 radical (unpaired) electrons. The number of hydrogen-bond acceptors (Lipinski definition) is 5. The molecule has 0 aliphatic rings. The van der Waals surface area contributed by atoms with Gasteiger partial charge in [0.1, 0.15) is 5.75 Å². The van der Waals surface area contributed by atoms with E-state index in [1.165, 1.54) is 0 Å². The predicted octanol–water partition coefficient (Wildman–Crippen LogP) is 3.94. The Morgan fingerprint density at radius 2 is 1.85 bits per heavy atom. The zero-order chi connectivity index (χ0) is 19.1. The number of hydrogen-bond donors (Lipinski definition) is 2. The summed E-state index contributed by atoms with van der Waals surface area (Å²) in [7, 11) is 0. The Hall–Kier alpha value is -3.41. The number of ether oxygens (including phenoxy) is 1. The van der Waals surface area contributed by atoms with Crippen molar-refractivity contribution in [2.24, 2.45) is 0 Å². The van der Waals surface area contributed by atoms with Crippen LogP contribution in [-0.2, 0) is 6.54 Å². The van der Waals surface area contributed by atoms with Crippen molar-refractivity contribution in [3.05, 3.63) is 78.4 Å². The van der Waals surface area contributed by atoms with Crippen LogP contribution < -0.4 is 15.4 Å². The second-order valence-corrected chi connectivity index (χ2v) is 6.29. The lowest BCUT2D eigenvalue weighted by Crippen LogP contribution is -2.23. The van der Waals surface area contributed by atoms with Gasteiger partial charge in [0, 0.05) is 25.1 Å². The minimum atomic E-state index is -0.185. The lowest BCUT2D eigenvalue weighted by atomic mass is 10.2. The van der Waals surface area contributed by atoms with Gasteiger partial charge >= 0.3 is 0 Å². The standard InChI is InChI=1S/C21H22N4O2/c1-15(2)27-20-6-4-3-5-19(20)25-18-11-17(13-23-14-18)21(26)24-12-16-7-9-22-10-8-16/h3-11,13-15,25H,12H2,1-2H3,(H,24,26). The number of anilines is 2. The van der Waals surface area contributed by atoms with Crippen molar-refractivity contribution in [3.8, 4) is 5.75 Å². The third kappa shape index (κ3) is 5.28. The van der Waals surface area contributed by atoms with Crippen molar-refractivity contribution < 1.29 is 9.53 Å². The highest BCUT2D eigenvalue weighted by Gasteiger charge is 2.09. The highest BCUT2D eigenvalue weighted by atomic mass is 16.5. The summed E-state index contributed by atoms with van der Waals surface area (Å²) < 4.78 is 5.82. The topological polar surface area (TPSA) is 76.1 Å². The molecule has 0 saturated heterocycles. The molecule has 3 rings (SSSR count). The van der Waals surface area contributed by atoms with Gasteiger partial charge < -0.3 is 15.4 Å². The van der Waals surface area contributed by atoms with Crippen molar-refractivity contribution in [1.82, 2.24) is 15.3 Å². The molecule has 6 heteroatoms. The maximum Gasteiger partial charge on any atom is 0.253 e. The summed E-state index contributed by atoms with van der Waals surface area (Å²) >= 11 is 0. The zero-order valence-electron chi connectivity index (χ0n) is 15.3. The fraction of sp³-hybridized carbons (Fsp3) is 0.190. The normalized spacial score (nSPS) is 10.5. The van der Waals surface area contributed by atoms with E-state index >= 15 is 0 Å². The smallest absolute Gasteiger partial charge is 0.253 e. The summed E-state index contributed by atoms with van der Waals surface area (Å²) in [5.74, 6) is 0.565. The number of carbonyl (C=O) groups excluding carboxylic acids is 1. The van der Waals surface area contributed by atoms with E-state index in [2.05, 4.69) is 20.6 Å². The number of aromatic nitrogens is 2. The Morgan fingerprint density at radius 1 is 1.07 bits per heavy atom. The molecule has 0 aliphatic heterocycles. The first-order valence-electron chi connectivity index (χ1n) is 8.76. The van der Waals surface area contributed by atoms with Gasteiger partial charge in [0.25, 0.3) is 5.91 Å². The van der Waals surface area contributed by atoms with Crippen LogP contribution in [0.4, 0.5) is 11.4 Å². The first-order valence-corrected chi connectivity index (χ1v) is 8.76. The number of amides is 1. The number of carbonyl (C=O) groups is 1. The van der Waals surface area contributed by atoms with E-state index in [0.29, 0.717) is 17.8 Å². The van der Waals surface area contributed by atoms with Crippen LogP contribution in [0, 0.1) is 0 Å². The Balaban J connectivity index is 1.69. The summed E-state index contributed by atoms with van der Waals surface area (Å²) in [5, 5.41) is 6.16. The lowest BCUT2D eigenvalue weighted by molar-refractivity contribution is 0.0950. The summed E-state index contributed by atoms with van der Waals surface area (Å²) in [6.45, 7) is 4.39. The number of pyridine rings is 2. The highest BCUT2D eigenvalue weighted by Crippen LogP contribution is 2.28. The maximum absolute atomic E-state index is 12.4. The Labute approximate surface area is 158 Å². The molecule has 2 heterocycles. The molecule has 3 aromatic rings. The molecule has 1 amide bonds. The monoisotopic (exact) mass is 362 g/mol. The molecule has 0 unspecified atom stereocenters. The van der Waals surface area contributed by atoms with Gasteiger partial charge in [-0.1, -0.05) is 12.1 Å². The molecular weight excluding hydrogens is 340 g/mol. The second-order valence-electron chi connectivity index (χ2n) is 6.29. The van der Waals surface area contributed by atoms with Crippen molar-refractivity contribution in [1.29, 1.82) is 0 Å². The Bertz CT molecular complexity index is 897. The molecule has 0 spiro atoms. The number of nitrogens with one attached hydrogen (secondary N) is 2. The third-order valence-corrected chi connectivity index (χ3v) is 3.73. The van der Waals surface area contributed by atoms with Crippen molar-refractivity contribution in [2.75, 3.05) is 5.32 Å². The summed E-state index contributed by atoms with van der Waals surface area (Å²) in [6.07, 6.45) is 6.68. The number of para-hydroxylation sites is 2. The van der Waals surface area contributed by atoms with Gasteiger partial charge in [-0.15, -0.1) is 0 Å². The van der Waals surface area contributed by atoms with Gasteiger partial charge in [-0.05, 0) is 49.7 Å². The van der Waals surface area contributed by atoms with Gasteiger partial charge in [-0.25, -0.2) is 0 Å². The van der Waals surface area contributed by atoms with E-state index in [9.17, 15) is 4.79 Å². The lowest BCUT2D eigenvalue weighted by Gasteiger charge is -2.15. The first-order chi connectivity index (χ1) is 13.1.